The van der Waals surface area contributed by atoms with E-state index in [0.29, 0.717) is 16.7 Å². The first-order valence-corrected chi connectivity index (χ1v) is 12.3. The number of para-hydroxylation sites is 1. The van der Waals surface area contributed by atoms with E-state index in [-0.39, 0.29) is 36.1 Å². The van der Waals surface area contributed by atoms with Crippen molar-refractivity contribution in [1.29, 1.82) is 0 Å². The summed E-state index contributed by atoms with van der Waals surface area (Å²) < 4.78 is 5.90. The third kappa shape index (κ3) is 4.30. The van der Waals surface area contributed by atoms with E-state index in [1.54, 1.807) is 12.1 Å². The lowest BCUT2D eigenvalue weighted by Gasteiger charge is -2.34. The van der Waals surface area contributed by atoms with Crippen LogP contribution in [-0.2, 0) is 17.4 Å². The minimum atomic E-state index is -0.606. The molecule has 1 aromatic heterocycles. The molecule has 2 aliphatic heterocycles. The number of halogens is 1. The number of aromatic nitrogens is 2. The molecule has 0 radical (unpaired) electrons. The van der Waals surface area contributed by atoms with Gasteiger partial charge in [-0.1, -0.05) is 57.5 Å². The summed E-state index contributed by atoms with van der Waals surface area (Å²) >= 11 is 6.52. The summed E-state index contributed by atoms with van der Waals surface area (Å²) in [4.78, 5) is 23.7. The minimum absolute atomic E-state index is 0.0554. The van der Waals surface area contributed by atoms with Crippen LogP contribution < -0.4 is 20.3 Å². The number of fused-ring (bicyclic) bond motifs is 2. The molecule has 0 saturated carbocycles. The molecule has 0 spiro atoms. The van der Waals surface area contributed by atoms with Gasteiger partial charge < -0.3 is 20.5 Å². The number of anilines is 3. The van der Waals surface area contributed by atoms with Gasteiger partial charge in [-0.05, 0) is 34.9 Å². The number of ether oxygens (including phenoxy) is 1. The highest BCUT2D eigenvalue weighted by Crippen LogP contribution is 2.40. The number of amides is 1. The zero-order valence-electron chi connectivity index (χ0n) is 20.9. The molecule has 3 N–H and O–H groups in total. The Labute approximate surface area is 215 Å². The average molecular weight is 508 g/mol. The smallest absolute Gasteiger partial charge is 0.268 e. The van der Waals surface area contributed by atoms with Gasteiger partial charge in [0.05, 0.1) is 17.3 Å². The average Bonchev–Trinajstić information content (AvgIpc) is 2.84. The Morgan fingerprint density at radius 3 is 2.86 bits per heavy atom. The molecule has 5 rings (SSSR count). The summed E-state index contributed by atoms with van der Waals surface area (Å²) in [5, 5.41) is 17.0. The predicted octanol–water partition coefficient (Wildman–Crippen LogP) is 4.52. The second-order valence-electron chi connectivity index (χ2n) is 10.6. The quantitative estimate of drug-likeness (QED) is 0.467. The molecule has 0 unspecified atom stereocenters. The molecule has 2 aliphatic rings. The van der Waals surface area contributed by atoms with Gasteiger partial charge in [0.2, 0.25) is 11.8 Å². The third-order valence-corrected chi connectivity index (χ3v) is 7.22. The Morgan fingerprint density at radius 2 is 2.08 bits per heavy atom. The number of benzene rings is 2. The van der Waals surface area contributed by atoms with Gasteiger partial charge in [-0.3, -0.25) is 9.69 Å². The molecule has 3 heterocycles. The summed E-state index contributed by atoms with van der Waals surface area (Å²) in [7, 11) is 0. The molecule has 1 amide bonds. The molecule has 36 heavy (non-hydrogen) atoms. The van der Waals surface area contributed by atoms with Gasteiger partial charge in [-0.15, -0.1) is 0 Å². The topological polar surface area (TPSA) is 99.6 Å². The number of carbonyl (C=O) groups excluding carboxylic acids is 1. The number of aliphatic hydroxyl groups is 1. The summed E-state index contributed by atoms with van der Waals surface area (Å²) in [6, 6.07) is 11.6. The summed E-state index contributed by atoms with van der Waals surface area (Å²) in [5.41, 5.74) is 4.41. The number of aliphatic hydroxyl groups excluding tert-OH is 1. The van der Waals surface area contributed by atoms with E-state index in [2.05, 4.69) is 46.6 Å². The van der Waals surface area contributed by atoms with E-state index in [9.17, 15) is 9.90 Å². The highest BCUT2D eigenvalue weighted by Gasteiger charge is 2.35. The second kappa shape index (κ2) is 9.03. The first-order chi connectivity index (χ1) is 17.1. The van der Waals surface area contributed by atoms with Crippen LogP contribution in [0.15, 0.2) is 42.6 Å². The van der Waals surface area contributed by atoms with Crippen molar-refractivity contribution in [2.75, 3.05) is 30.1 Å². The van der Waals surface area contributed by atoms with E-state index in [1.807, 2.05) is 26.0 Å². The maximum absolute atomic E-state index is 13.4. The Morgan fingerprint density at radius 1 is 1.28 bits per heavy atom. The highest BCUT2D eigenvalue weighted by atomic mass is 35.5. The lowest BCUT2D eigenvalue weighted by molar-refractivity contribution is 0.0931. The van der Waals surface area contributed by atoms with Gasteiger partial charge in [0.25, 0.3) is 5.91 Å². The van der Waals surface area contributed by atoms with Gasteiger partial charge in [-0.25, -0.2) is 4.98 Å². The van der Waals surface area contributed by atoms with Crippen molar-refractivity contribution in [3.05, 3.63) is 69.9 Å². The lowest BCUT2D eigenvalue weighted by Crippen LogP contribution is -2.41. The molecular formula is C27H30ClN5O3. The van der Waals surface area contributed by atoms with E-state index >= 15 is 0 Å². The van der Waals surface area contributed by atoms with Crippen LogP contribution in [0.5, 0.6) is 5.88 Å². The normalized spacial score (nSPS) is 16.7. The molecule has 0 saturated heterocycles. The maximum Gasteiger partial charge on any atom is 0.268 e. The van der Waals surface area contributed by atoms with Gasteiger partial charge >= 0.3 is 0 Å². The fourth-order valence-electron chi connectivity index (χ4n) is 4.81. The van der Waals surface area contributed by atoms with Crippen LogP contribution in [0.1, 0.15) is 54.7 Å². The zero-order chi connectivity index (χ0) is 25.7. The van der Waals surface area contributed by atoms with Crippen LogP contribution in [0.25, 0.3) is 0 Å². The molecular weight excluding hydrogens is 478 g/mol. The van der Waals surface area contributed by atoms with Crippen molar-refractivity contribution in [3.8, 4) is 5.88 Å². The molecule has 0 fully saturated rings. The molecule has 3 aromatic rings. The van der Waals surface area contributed by atoms with Crippen LogP contribution in [0.3, 0.4) is 0 Å². The Kier molecular flexibility index (Phi) is 6.14. The Hall–Kier alpha value is -3.20. The summed E-state index contributed by atoms with van der Waals surface area (Å²) in [5.74, 6) is 0.246. The standard InChI is InChI=1S/C27H30ClN5O3/c1-26(2)13-29-11-16-10-17(8-9-19(16)26)31-25-30-12-18-23(32-25)36-15-33(24(18)35)22-20(27(3,4)14-34)6-5-7-21(22)28/h5-10,12,29,34H,11,13-15H2,1-4H3,(H,30,31,32). The largest absolute Gasteiger partial charge is 0.455 e. The SMILES string of the molecule is CC1(C)CNCc2cc(Nc3ncc4c(n3)OCN(c3c(Cl)cccc3C(C)(C)CO)C4=O)ccc21. The fraction of sp³-hybridized carbons (Fsp3) is 0.370. The van der Waals surface area contributed by atoms with Crippen LogP contribution in [0.4, 0.5) is 17.3 Å². The first-order valence-electron chi connectivity index (χ1n) is 11.9. The van der Waals surface area contributed by atoms with E-state index < -0.39 is 5.41 Å². The van der Waals surface area contributed by atoms with Gasteiger partial charge in [-0.2, -0.15) is 4.98 Å². The fourth-order valence-corrected chi connectivity index (χ4v) is 5.09. The first kappa shape index (κ1) is 24.5. The van der Waals surface area contributed by atoms with Crippen molar-refractivity contribution in [3.63, 3.8) is 0 Å². The van der Waals surface area contributed by atoms with Gasteiger partial charge in [0.15, 0.2) is 6.73 Å². The van der Waals surface area contributed by atoms with Crippen molar-refractivity contribution < 1.29 is 14.6 Å². The van der Waals surface area contributed by atoms with E-state index in [1.165, 1.54) is 22.2 Å². The van der Waals surface area contributed by atoms with Gasteiger partial charge in [0.1, 0.15) is 5.56 Å². The van der Waals surface area contributed by atoms with Crippen molar-refractivity contribution in [2.24, 2.45) is 0 Å². The zero-order valence-corrected chi connectivity index (χ0v) is 21.6. The van der Waals surface area contributed by atoms with Crippen LogP contribution in [0, 0.1) is 0 Å². The molecule has 0 atom stereocenters. The van der Waals surface area contributed by atoms with Crippen molar-refractivity contribution in [2.45, 2.75) is 45.1 Å². The minimum Gasteiger partial charge on any atom is -0.455 e. The van der Waals surface area contributed by atoms with Crippen LogP contribution in [-0.4, -0.2) is 40.9 Å². The number of hydrogen-bond acceptors (Lipinski definition) is 7. The van der Waals surface area contributed by atoms with Crippen LogP contribution >= 0.6 is 11.6 Å². The molecule has 2 aromatic carbocycles. The lowest BCUT2D eigenvalue weighted by atomic mass is 9.79. The van der Waals surface area contributed by atoms with E-state index in [4.69, 9.17) is 16.3 Å². The monoisotopic (exact) mass is 507 g/mol. The van der Waals surface area contributed by atoms with Gasteiger partial charge in [0, 0.05) is 35.8 Å². The van der Waals surface area contributed by atoms with Crippen molar-refractivity contribution >= 4 is 34.8 Å². The molecule has 188 valence electrons. The van der Waals surface area contributed by atoms with Crippen LogP contribution in [0.2, 0.25) is 5.02 Å². The maximum atomic E-state index is 13.4. The third-order valence-electron chi connectivity index (χ3n) is 6.91. The number of carbonyl (C=O) groups is 1. The highest BCUT2D eigenvalue weighted by molar-refractivity contribution is 6.34. The Balaban J connectivity index is 1.41. The Bertz CT molecular complexity index is 1340. The number of rotatable bonds is 5. The number of nitrogens with zero attached hydrogens (tertiary/aromatic N) is 3. The number of nitrogens with one attached hydrogen (secondary N) is 2. The van der Waals surface area contributed by atoms with E-state index in [0.717, 1.165) is 24.3 Å². The van der Waals surface area contributed by atoms with Crippen molar-refractivity contribution in [1.82, 2.24) is 15.3 Å². The predicted molar refractivity (Wildman–Crippen MR) is 140 cm³/mol. The molecule has 8 nitrogen and oxygen atoms in total. The molecule has 9 heteroatoms. The summed E-state index contributed by atoms with van der Waals surface area (Å²) in [6.07, 6.45) is 1.47. The second-order valence-corrected chi connectivity index (χ2v) is 11.0. The number of hydrogen-bond donors (Lipinski definition) is 3. The summed E-state index contributed by atoms with van der Waals surface area (Å²) in [6.45, 7) is 9.83. The molecule has 0 bridgehead atoms. The molecule has 0 aliphatic carbocycles.